The van der Waals surface area contributed by atoms with Gasteiger partial charge in [-0.3, -0.25) is 0 Å². The van der Waals surface area contributed by atoms with Gasteiger partial charge in [0.2, 0.25) is 5.95 Å². The Morgan fingerprint density at radius 1 is 1.43 bits per heavy atom. The maximum absolute atomic E-state index is 5.58. The lowest BCUT2D eigenvalue weighted by atomic mass is 10.5. The molecule has 74 valence electrons. The van der Waals surface area contributed by atoms with E-state index in [0.717, 1.165) is 10.5 Å². The van der Waals surface area contributed by atoms with E-state index in [2.05, 4.69) is 33.8 Å². The van der Waals surface area contributed by atoms with Crippen LogP contribution in [-0.2, 0) is 0 Å². The van der Waals surface area contributed by atoms with E-state index in [-0.39, 0.29) is 5.95 Å². The number of fused-ring (bicyclic) bond motifs is 1. The second kappa shape index (κ2) is 3.45. The number of hydrogen-bond acceptors (Lipinski definition) is 5. The summed E-state index contributed by atoms with van der Waals surface area (Å²) in [6, 6.07) is 0. The average Bonchev–Trinajstić information content (AvgIpc) is 2.50. The molecule has 0 aliphatic heterocycles. The van der Waals surface area contributed by atoms with Gasteiger partial charge >= 0.3 is 0 Å². The summed E-state index contributed by atoms with van der Waals surface area (Å²) in [5.74, 6) is 0.282. The fraction of sp³-hybridized carbons (Fsp3) is 0.375. The summed E-state index contributed by atoms with van der Waals surface area (Å²) in [5.41, 5.74) is 7.06. The predicted octanol–water partition coefficient (Wildman–Crippen LogP) is 1.44. The molecule has 3 N–H and O–H groups in total. The lowest BCUT2D eigenvalue weighted by molar-refractivity contribution is 1.06. The van der Waals surface area contributed by atoms with E-state index < -0.39 is 0 Å². The molecule has 0 aliphatic rings. The number of imidazole rings is 1. The summed E-state index contributed by atoms with van der Waals surface area (Å²) in [5, 5.41) is 1.29. The van der Waals surface area contributed by atoms with Gasteiger partial charge in [0.25, 0.3) is 0 Å². The van der Waals surface area contributed by atoms with Crippen LogP contribution in [0.1, 0.15) is 13.8 Å². The fourth-order valence-electron chi connectivity index (χ4n) is 1.13. The minimum atomic E-state index is 0.282. The van der Waals surface area contributed by atoms with Crippen LogP contribution in [0, 0.1) is 0 Å². The summed E-state index contributed by atoms with van der Waals surface area (Å²) in [6.45, 7) is 4.20. The minimum Gasteiger partial charge on any atom is -0.368 e. The minimum absolute atomic E-state index is 0.282. The van der Waals surface area contributed by atoms with Crippen molar-refractivity contribution in [3.8, 4) is 0 Å². The molecule has 0 saturated heterocycles. The zero-order valence-electron chi connectivity index (χ0n) is 7.98. The largest absolute Gasteiger partial charge is 0.368 e. The molecule has 0 aliphatic carbocycles. The summed E-state index contributed by atoms with van der Waals surface area (Å²) in [7, 11) is 0. The Hall–Kier alpha value is -1.30. The van der Waals surface area contributed by atoms with Crippen molar-refractivity contribution in [3.63, 3.8) is 0 Å². The molecular formula is C8H11N5S. The van der Waals surface area contributed by atoms with Gasteiger partial charge in [0.1, 0.15) is 10.5 Å². The van der Waals surface area contributed by atoms with Crippen LogP contribution in [0.25, 0.3) is 11.2 Å². The number of nitrogens with one attached hydrogen (secondary N) is 1. The number of nitrogens with two attached hydrogens (primary N) is 1. The Kier molecular flexibility index (Phi) is 2.28. The van der Waals surface area contributed by atoms with Crippen molar-refractivity contribution in [2.24, 2.45) is 0 Å². The number of nitrogen functional groups attached to an aromatic ring is 1. The molecule has 5 nitrogen and oxygen atoms in total. The summed E-state index contributed by atoms with van der Waals surface area (Å²) in [4.78, 5) is 15.3. The number of hydrogen-bond donors (Lipinski definition) is 2. The van der Waals surface area contributed by atoms with Crippen molar-refractivity contribution >= 4 is 28.9 Å². The van der Waals surface area contributed by atoms with Crippen molar-refractivity contribution in [2.45, 2.75) is 24.1 Å². The van der Waals surface area contributed by atoms with Crippen molar-refractivity contribution in [1.29, 1.82) is 0 Å². The molecule has 0 radical (unpaired) electrons. The SMILES string of the molecule is CC(C)Sc1nc(N)nc2[nH]cnc12. The van der Waals surface area contributed by atoms with Gasteiger partial charge in [-0.2, -0.15) is 4.98 Å². The molecule has 14 heavy (non-hydrogen) atoms. The highest BCUT2D eigenvalue weighted by Gasteiger charge is 2.10. The lowest BCUT2D eigenvalue weighted by Gasteiger charge is -2.04. The van der Waals surface area contributed by atoms with Gasteiger partial charge in [0.15, 0.2) is 5.65 Å². The van der Waals surface area contributed by atoms with Crippen molar-refractivity contribution in [3.05, 3.63) is 6.33 Å². The second-order valence-electron chi connectivity index (χ2n) is 3.15. The topological polar surface area (TPSA) is 80.5 Å². The molecule has 2 aromatic heterocycles. The summed E-state index contributed by atoms with van der Waals surface area (Å²) < 4.78 is 0. The third-order valence-corrected chi connectivity index (χ3v) is 2.59. The number of nitrogens with zero attached hydrogens (tertiary/aromatic N) is 3. The van der Waals surface area contributed by atoms with Crippen LogP contribution in [-0.4, -0.2) is 25.2 Å². The fourth-order valence-corrected chi connectivity index (χ4v) is 1.98. The molecule has 2 rings (SSSR count). The first-order valence-electron chi connectivity index (χ1n) is 4.30. The maximum atomic E-state index is 5.58. The van der Waals surface area contributed by atoms with E-state index in [9.17, 15) is 0 Å². The van der Waals surface area contributed by atoms with Crippen LogP contribution < -0.4 is 5.73 Å². The Morgan fingerprint density at radius 2 is 2.21 bits per heavy atom. The van der Waals surface area contributed by atoms with Crippen molar-refractivity contribution in [1.82, 2.24) is 19.9 Å². The van der Waals surface area contributed by atoms with Gasteiger partial charge in [0.05, 0.1) is 6.33 Å². The van der Waals surface area contributed by atoms with Crippen LogP contribution >= 0.6 is 11.8 Å². The molecule has 0 aromatic carbocycles. The molecule has 0 atom stereocenters. The molecule has 0 unspecified atom stereocenters. The first kappa shape index (κ1) is 9.26. The van der Waals surface area contributed by atoms with Gasteiger partial charge in [0, 0.05) is 5.25 Å². The number of aromatic amines is 1. The normalized spacial score (nSPS) is 11.4. The highest BCUT2D eigenvalue weighted by Crippen LogP contribution is 2.26. The van der Waals surface area contributed by atoms with Crippen LogP contribution in [0.4, 0.5) is 5.95 Å². The molecule has 0 bridgehead atoms. The van der Waals surface area contributed by atoms with E-state index in [1.54, 1.807) is 18.1 Å². The highest BCUT2D eigenvalue weighted by atomic mass is 32.2. The molecule has 6 heteroatoms. The average molecular weight is 209 g/mol. The molecule has 0 amide bonds. The van der Waals surface area contributed by atoms with Gasteiger partial charge in [-0.15, -0.1) is 11.8 Å². The standard InChI is InChI=1S/C8H11N5S/c1-4(2)14-7-5-6(11-3-10-5)12-8(9)13-7/h3-4H,1-2H3,(H3,9,10,11,12,13). The van der Waals surface area contributed by atoms with E-state index >= 15 is 0 Å². The Labute approximate surface area is 85.5 Å². The van der Waals surface area contributed by atoms with Crippen molar-refractivity contribution in [2.75, 3.05) is 5.73 Å². The third-order valence-electron chi connectivity index (χ3n) is 1.61. The number of H-pyrrole nitrogens is 1. The van der Waals surface area contributed by atoms with Crippen LogP contribution in [0.3, 0.4) is 0 Å². The molecule has 0 saturated carbocycles. The second-order valence-corrected chi connectivity index (χ2v) is 4.72. The summed E-state index contributed by atoms with van der Waals surface area (Å²) in [6.07, 6.45) is 1.60. The van der Waals surface area contributed by atoms with Crippen molar-refractivity contribution < 1.29 is 0 Å². The number of thioether (sulfide) groups is 1. The van der Waals surface area contributed by atoms with Crippen LogP contribution in [0.15, 0.2) is 11.4 Å². The number of rotatable bonds is 2. The highest BCUT2D eigenvalue weighted by molar-refractivity contribution is 8.00. The van der Waals surface area contributed by atoms with Gasteiger partial charge in [-0.25, -0.2) is 9.97 Å². The Balaban J connectivity index is 2.55. The van der Waals surface area contributed by atoms with Crippen LogP contribution in [0.2, 0.25) is 0 Å². The molecule has 2 heterocycles. The molecule has 2 aromatic rings. The monoisotopic (exact) mass is 209 g/mol. The molecular weight excluding hydrogens is 198 g/mol. The Morgan fingerprint density at radius 3 is 2.93 bits per heavy atom. The first-order chi connectivity index (χ1) is 6.66. The van der Waals surface area contributed by atoms with Gasteiger partial charge in [-0.1, -0.05) is 13.8 Å². The zero-order valence-corrected chi connectivity index (χ0v) is 8.80. The molecule has 0 spiro atoms. The summed E-state index contributed by atoms with van der Waals surface area (Å²) >= 11 is 1.63. The van der Waals surface area contributed by atoms with E-state index in [1.807, 2.05) is 0 Å². The smallest absolute Gasteiger partial charge is 0.223 e. The number of anilines is 1. The molecule has 0 fully saturated rings. The number of aromatic nitrogens is 4. The van der Waals surface area contributed by atoms with Gasteiger partial charge in [-0.05, 0) is 0 Å². The van der Waals surface area contributed by atoms with Gasteiger partial charge < -0.3 is 10.7 Å². The predicted molar refractivity (Wildman–Crippen MR) is 57.1 cm³/mol. The lowest BCUT2D eigenvalue weighted by Crippen LogP contribution is -1.98. The third kappa shape index (κ3) is 1.65. The zero-order chi connectivity index (χ0) is 10.1. The quantitative estimate of drug-likeness (QED) is 0.577. The Bertz CT molecular complexity index is 450. The first-order valence-corrected chi connectivity index (χ1v) is 5.18. The van der Waals surface area contributed by atoms with E-state index in [1.165, 1.54) is 0 Å². The van der Waals surface area contributed by atoms with E-state index in [0.29, 0.717) is 10.9 Å². The van der Waals surface area contributed by atoms with Crippen LogP contribution in [0.5, 0.6) is 0 Å². The maximum Gasteiger partial charge on any atom is 0.223 e. The van der Waals surface area contributed by atoms with E-state index in [4.69, 9.17) is 5.73 Å².